The van der Waals surface area contributed by atoms with Crippen molar-refractivity contribution >= 4 is 11.9 Å². The lowest BCUT2D eigenvalue weighted by molar-refractivity contribution is 0.0443. The van der Waals surface area contributed by atoms with Gasteiger partial charge in [0.1, 0.15) is 23.7 Å². The molecule has 0 aliphatic rings. The van der Waals surface area contributed by atoms with E-state index in [-0.39, 0.29) is 17.7 Å². The molecule has 1 aromatic carbocycles. The van der Waals surface area contributed by atoms with Crippen LogP contribution in [0.2, 0.25) is 0 Å². The largest absolute Gasteiger partial charge is 0.493 e. The van der Waals surface area contributed by atoms with Crippen molar-refractivity contribution in [1.29, 1.82) is 0 Å². The minimum Gasteiger partial charge on any atom is -0.493 e. The summed E-state index contributed by atoms with van der Waals surface area (Å²) in [4.78, 5) is 23.9. The van der Waals surface area contributed by atoms with Gasteiger partial charge in [0.15, 0.2) is 11.5 Å². The molecule has 0 radical (unpaired) electrons. The standard InChI is InChI=1S/C18H20O8/c1-10-13(18(20)24-5)8-12(26-10)9-25-17(19)11-6-14(21-2)16(23-4)15(7-11)22-3/h6-8H,9H2,1-5H3. The van der Waals surface area contributed by atoms with E-state index in [0.717, 1.165) is 0 Å². The lowest BCUT2D eigenvalue weighted by Gasteiger charge is -2.13. The van der Waals surface area contributed by atoms with Gasteiger partial charge in [-0.3, -0.25) is 0 Å². The molecule has 140 valence electrons. The van der Waals surface area contributed by atoms with Gasteiger partial charge in [-0.05, 0) is 25.1 Å². The highest BCUT2D eigenvalue weighted by molar-refractivity contribution is 5.91. The van der Waals surface area contributed by atoms with Crippen molar-refractivity contribution in [3.8, 4) is 17.2 Å². The van der Waals surface area contributed by atoms with Crippen molar-refractivity contribution in [3.63, 3.8) is 0 Å². The molecule has 0 saturated carbocycles. The first-order chi connectivity index (χ1) is 12.4. The minimum atomic E-state index is -0.613. The predicted octanol–water partition coefficient (Wildman–Crippen LogP) is 2.76. The summed E-state index contributed by atoms with van der Waals surface area (Å²) >= 11 is 0. The van der Waals surface area contributed by atoms with Gasteiger partial charge in [0.25, 0.3) is 0 Å². The molecule has 0 aliphatic heterocycles. The van der Waals surface area contributed by atoms with Gasteiger partial charge in [-0.1, -0.05) is 0 Å². The summed E-state index contributed by atoms with van der Waals surface area (Å²) < 4.78 is 30.9. The Balaban J connectivity index is 2.17. The van der Waals surface area contributed by atoms with Crippen molar-refractivity contribution in [1.82, 2.24) is 0 Å². The zero-order valence-electron chi connectivity index (χ0n) is 15.2. The Hall–Kier alpha value is -3.16. The first-order valence-corrected chi connectivity index (χ1v) is 7.59. The molecule has 0 atom stereocenters. The Bertz CT molecular complexity index is 781. The van der Waals surface area contributed by atoms with E-state index in [1.165, 1.54) is 46.6 Å². The monoisotopic (exact) mass is 364 g/mol. The number of esters is 2. The molecule has 8 nitrogen and oxygen atoms in total. The summed E-state index contributed by atoms with van der Waals surface area (Å²) in [6.45, 7) is 1.48. The Labute approximate surface area is 150 Å². The van der Waals surface area contributed by atoms with Crippen LogP contribution in [0.4, 0.5) is 0 Å². The van der Waals surface area contributed by atoms with E-state index in [2.05, 4.69) is 4.74 Å². The molecule has 0 bridgehead atoms. The number of hydrogen-bond donors (Lipinski definition) is 0. The topological polar surface area (TPSA) is 93.4 Å². The van der Waals surface area contributed by atoms with E-state index < -0.39 is 11.9 Å². The van der Waals surface area contributed by atoms with E-state index in [0.29, 0.717) is 28.8 Å². The smallest absolute Gasteiger partial charge is 0.341 e. The average molecular weight is 364 g/mol. The van der Waals surface area contributed by atoms with Gasteiger partial charge in [-0.2, -0.15) is 0 Å². The summed E-state index contributed by atoms with van der Waals surface area (Å²) in [5, 5.41) is 0. The minimum absolute atomic E-state index is 0.146. The zero-order chi connectivity index (χ0) is 19.3. The highest BCUT2D eigenvalue weighted by atomic mass is 16.5. The maximum Gasteiger partial charge on any atom is 0.341 e. The van der Waals surface area contributed by atoms with E-state index in [1.54, 1.807) is 6.92 Å². The maximum atomic E-state index is 12.3. The molecule has 1 heterocycles. The van der Waals surface area contributed by atoms with Crippen LogP contribution < -0.4 is 14.2 Å². The summed E-state index contributed by atoms with van der Waals surface area (Å²) in [6, 6.07) is 4.44. The third-order valence-electron chi connectivity index (χ3n) is 3.62. The van der Waals surface area contributed by atoms with Crippen LogP contribution in [-0.4, -0.2) is 40.4 Å². The van der Waals surface area contributed by atoms with Crippen LogP contribution in [0.1, 0.15) is 32.2 Å². The number of ether oxygens (including phenoxy) is 5. The van der Waals surface area contributed by atoms with Crippen LogP contribution in [0.25, 0.3) is 0 Å². The van der Waals surface area contributed by atoms with Crippen LogP contribution in [-0.2, 0) is 16.1 Å². The van der Waals surface area contributed by atoms with Gasteiger partial charge in [-0.15, -0.1) is 0 Å². The van der Waals surface area contributed by atoms with Crippen LogP contribution in [0.3, 0.4) is 0 Å². The Morgan fingerprint density at radius 2 is 1.54 bits per heavy atom. The SMILES string of the molecule is COC(=O)c1cc(COC(=O)c2cc(OC)c(OC)c(OC)c2)oc1C. The first-order valence-electron chi connectivity index (χ1n) is 7.59. The number of hydrogen-bond acceptors (Lipinski definition) is 8. The van der Waals surface area contributed by atoms with E-state index >= 15 is 0 Å². The fourth-order valence-corrected chi connectivity index (χ4v) is 2.35. The molecule has 0 aliphatic carbocycles. The van der Waals surface area contributed by atoms with Gasteiger partial charge in [0.2, 0.25) is 5.75 Å². The molecule has 26 heavy (non-hydrogen) atoms. The predicted molar refractivity (Wildman–Crippen MR) is 90.0 cm³/mol. The molecule has 0 spiro atoms. The number of carbonyl (C=O) groups excluding carboxylic acids is 2. The van der Waals surface area contributed by atoms with E-state index in [1.807, 2.05) is 0 Å². The fraction of sp³-hybridized carbons (Fsp3) is 0.333. The van der Waals surface area contributed by atoms with Crippen molar-refractivity contribution in [2.24, 2.45) is 0 Å². The average Bonchev–Trinajstić information content (AvgIpc) is 3.04. The molecule has 0 amide bonds. The number of carbonyl (C=O) groups is 2. The normalized spacial score (nSPS) is 10.2. The van der Waals surface area contributed by atoms with Gasteiger partial charge in [0.05, 0.1) is 34.0 Å². The number of rotatable bonds is 7. The summed E-state index contributed by atoms with van der Waals surface area (Å²) in [6.07, 6.45) is 0. The van der Waals surface area contributed by atoms with Gasteiger partial charge < -0.3 is 28.1 Å². The third kappa shape index (κ3) is 3.90. The van der Waals surface area contributed by atoms with Crippen molar-refractivity contribution in [3.05, 3.63) is 40.8 Å². The van der Waals surface area contributed by atoms with Gasteiger partial charge >= 0.3 is 11.9 Å². The third-order valence-corrected chi connectivity index (χ3v) is 3.62. The second-order valence-electron chi connectivity index (χ2n) is 5.16. The molecule has 0 fully saturated rings. The van der Waals surface area contributed by atoms with Crippen molar-refractivity contribution in [2.45, 2.75) is 13.5 Å². The molecule has 2 aromatic rings. The summed E-state index contributed by atoms with van der Waals surface area (Å²) in [5.41, 5.74) is 0.502. The molecule has 0 saturated heterocycles. The van der Waals surface area contributed by atoms with Crippen LogP contribution in [0.15, 0.2) is 22.6 Å². The van der Waals surface area contributed by atoms with Crippen LogP contribution >= 0.6 is 0 Å². The lowest BCUT2D eigenvalue weighted by Crippen LogP contribution is -2.06. The summed E-state index contributed by atoms with van der Waals surface area (Å²) in [5.74, 6) is 0.614. The molecular weight excluding hydrogens is 344 g/mol. The second kappa shape index (κ2) is 8.28. The highest BCUT2D eigenvalue weighted by Gasteiger charge is 2.20. The van der Waals surface area contributed by atoms with Gasteiger partial charge in [-0.25, -0.2) is 9.59 Å². The molecule has 2 rings (SSSR count). The Morgan fingerprint density at radius 3 is 2.04 bits per heavy atom. The first kappa shape index (κ1) is 19.2. The number of aryl methyl sites for hydroxylation is 1. The molecular formula is C18H20O8. The summed E-state index contributed by atoms with van der Waals surface area (Å²) in [7, 11) is 5.65. The van der Waals surface area contributed by atoms with E-state index in [9.17, 15) is 9.59 Å². The number of furan rings is 1. The van der Waals surface area contributed by atoms with Crippen molar-refractivity contribution < 1.29 is 37.7 Å². The quantitative estimate of drug-likeness (QED) is 0.693. The Kier molecular flexibility index (Phi) is 6.11. The fourth-order valence-electron chi connectivity index (χ4n) is 2.35. The maximum absolute atomic E-state index is 12.3. The van der Waals surface area contributed by atoms with Crippen LogP contribution in [0, 0.1) is 6.92 Å². The van der Waals surface area contributed by atoms with E-state index in [4.69, 9.17) is 23.4 Å². The molecule has 0 unspecified atom stereocenters. The number of methoxy groups -OCH3 is 4. The zero-order valence-corrected chi connectivity index (χ0v) is 15.2. The van der Waals surface area contributed by atoms with Crippen molar-refractivity contribution in [2.75, 3.05) is 28.4 Å². The second-order valence-corrected chi connectivity index (χ2v) is 5.16. The van der Waals surface area contributed by atoms with Crippen LogP contribution in [0.5, 0.6) is 17.2 Å². The highest BCUT2D eigenvalue weighted by Crippen LogP contribution is 2.38. The number of benzene rings is 1. The molecule has 1 aromatic heterocycles. The Morgan fingerprint density at radius 1 is 0.923 bits per heavy atom. The lowest BCUT2D eigenvalue weighted by atomic mass is 10.2. The van der Waals surface area contributed by atoms with Gasteiger partial charge in [0, 0.05) is 0 Å². The molecule has 8 heteroatoms. The molecule has 0 N–H and O–H groups in total.